The molecule has 2 rings (SSSR count). The monoisotopic (exact) mass is 380 g/mol. The minimum atomic E-state index is -0.674. The normalized spacial score (nSPS) is 19.7. The number of ether oxygens (including phenoxy) is 1. The molecule has 142 valence electrons. The quantitative estimate of drug-likeness (QED) is 0.427. The van der Waals surface area contributed by atoms with Gasteiger partial charge in [0.1, 0.15) is 6.04 Å². The van der Waals surface area contributed by atoms with Gasteiger partial charge in [-0.25, -0.2) is 4.79 Å². The first kappa shape index (κ1) is 20.2. The first-order valence-electron chi connectivity index (χ1n) is 8.63. The molecule has 8 heteroatoms. The highest BCUT2D eigenvalue weighted by Crippen LogP contribution is 2.36. The van der Waals surface area contributed by atoms with Crippen molar-refractivity contribution in [1.29, 1.82) is 0 Å². The predicted octanol–water partition coefficient (Wildman–Crippen LogP) is 3.40. The van der Waals surface area contributed by atoms with Crippen molar-refractivity contribution in [2.24, 2.45) is 5.92 Å². The molecule has 26 heavy (non-hydrogen) atoms. The van der Waals surface area contributed by atoms with Crippen molar-refractivity contribution >= 4 is 29.3 Å². The first-order valence-corrected chi connectivity index (χ1v) is 9.68. The van der Waals surface area contributed by atoms with Gasteiger partial charge in [-0.1, -0.05) is 26.8 Å². The SMILES string of the molecule is CCCOC(=O)C1CSC(C(C)C)N1C(=O)c1ccc(C)c([N+](=O)[O-])c1. The number of nitro benzene ring substituents is 1. The lowest BCUT2D eigenvalue weighted by molar-refractivity contribution is -0.385. The average molecular weight is 380 g/mol. The topological polar surface area (TPSA) is 89.8 Å². The molecule has 0 spiro atoms. The maximum absolute atomic E-state index is 13.1. The van der Waals surface area contributed by atoms with E-state index in [0.29, 0.717) is 24.3 Å². The van der Waals surface area contributed by atoms with Crippen LogP contribution >= 0.6 is 11.8 Å². The minimum Gasteiger partial charge on any atom is -0.464 e. The van der Waals surface area contributed by atoms with Crippen LogP contribution in [0.4, 0.5) is 5.69 Å². The summed E-state index contributed by atoms with van der Waals surface area (Å²) >= 11 is 1.54. The Morgan fingerprint density at radius 1 is 1.42 bits per heavy atom. The molecule has 0 radical (unpaired) electrons. The molecule has 1 amide bonds. The molecule has 1 fully saturated rings. The molecule has 2 atom stereocenters. The average Bonchev–Trinajstić information content (AvgIpc) is 3.04. The van der Waals surface area contributed by atoms with Gasteiger partial charge in [0.05, 0.1) is 16.9 Å². The van der Waals surface area contributed by atoms with E-state index in [4.69, 9.17) is 4.74 Å². The summed E-state index contributed by atoms with van der Waals surface area (Å²) in [5, 5.41) is 11.0. The number of thioether (sulfide) groups is 1. The fourth-order valence-electron chi connectivity index (χ4n) is 2.87. The summed E-state index contributed by atoms with van der Waals surface area (Å²) in [4.78, 5) is 37.7. The molecule has 0 aliphatic carbocycles. The van der Waals surface area contributed by atoms with E-state index >= 15 is 0 Å². The van der Waals surface area contributed by atoms with Crippen molar-refractivity contribution < 1.29 is 19.2 Å². The second-order valence-electron chi connectivity index (χ2n) is 6.62. The Bertz CT molecular complexity index is 707. The van der Waals surface area contributed by atoms with Crippen LogP contribution in [0.3, 0.4) is 0 Å². The Morgan fingerprint density at radius 3 is 2.69 bits per heavy atom. The summed E-state index contributed by atoms with van der Waals surface area (Å²) in [5.41, 5.74) is 0.597. The molecule has 1 aliphatic rings. The molecule has 1 aromatic carbocycles. The number of carbonyl (C=O) groups excluding carboxylic acids is 2. The Hall–Kier alpha value is -2.09. The zero-order valence-electron chi connectivity index (χ0n) is 15.4. The van der Waals surface area contributed by atoms with Gasteiger partial charge < -0.3 is 9.64 Å². The lowest BCUT2D eigenvalue weighted by Crippen LogP contribution is -2.47. The van der Waals surface area contributed by atoms with Crippen LogP contribution in [-0.4, -0.2) is 45.5 Å². The molecular weight excluding hydrogens is 356 g/mol. The van der Waals surface area contributed by atoms with Crippen LogP contribution in [0.5, 0.6) is 0 Å². The third-order valence-corrected chi connectivity index (χ3v) is 5.83. The van der Waals surface area contributed by atoms with Gasteiger partial charge >= 0.3 is 5.97 Å². The fraction of sp³-hybridized carbons (Fsp3) is 0.556. The van der Waals surface area contributed by atoms with E-state index in [9.17, 15) is 19.7 Å². The number of esters is 1. The van der Waals surface area contributed by atoms with Gasteiger partial charge in [-0.3, -0.25) is 14.9 Å². The van der Waals surface area contributed by atoms with Crippen LogP contribution in [-0.2, 0) is 9.53 Å². The molecule has 0 N–H and O–H groups in total. The molecule has 7 nitrogen and oxygen atoms in total. The molecule has 1 aromatic rings. The maximum atomic E-state index is 13.1. The zero-order chi connectivity index (χ0) is 19.4. The van der Waals surface area contributed by atoms with Crippen molar-refractivity contribution in [2.45, 2.75) is 45.5 Å². The molecule has 0 bridgehead atoms. The molecular formula is C18H24N2O5S. The van der Waals surface area contributed by atoms with E-state index in [0.717, 1.165) is 0 Å². The standard InChI is InChI=1S/C18H24N2O5S/c1-5-8-25-18(22)15-10-26-17(11(2)3)19(15)16(21)13-7-6-12(4)14(9-13)20(23)24/h6-7,9,11,15,17H,5,8,10H2,1-4H3. The van der Waals surface area contributed by atoms with Crippen molar-refractivity contribution in [3.05, 3.63) is 39.4 Å². The van der Waals surface area contributed by atoms with E-state index in [2.05, 4.69) is 0 Å². The number of benzene rings is 1. The molecule has 1 aliphatic heterocycles. The smallest absolute Gasteiger partial charge is 0.329 e. The Morgan fingerprint density at radius 2 is 2.12 bits per heavy atom. The number of rotatable bonds is 6. The highest BCUT2D eigenvalue weighted by Gasteiger charge is 2.44. The highest BCUT2D eigenvalue weighted by atomic mass is 32.2. The third kappa shape index (κ3) is 4.17. The first-order chi connectivity index (χ1) is 12.3. The van der Waals surface area contributed by atoms with Gasteiger partial charge in [0, 0.05) is 22.9 Å². The van der Waals surface area contributed by atoms with Gasteiger partial charge in [-0.2, -0.15) is 0 Å². The summed E-state index contributed by atoms with van der Waals surface area (Å²) in [5.74, 6) is -0.202. The molecule has 2 unspecified atom stereocenters. The summed E-state index contributed by atoms with van der Waals surface area (Å²) in [7, 11) is 0. The molecule has 0 aromatic heterocycles. The number of nitrogens with zero attached hydrogens (tertiary/aromatic N) is 2. The fourth-order valence-corrected chi connectivity index (χ4v) is 4.33. The maximum Gasteiger partial charge on any atom is 0.329 e. The van der Waals surface area contributed by atoms with E-state index in [1.807, 2.05) is 20.8 Å². The summed E-state index contributed by atoms with van der Waals surface area (Å²) in [6.45, 7) is 7.80. The number of hydrogen-bond donors (Lipinski definition) is 0. The third-order valence-electron chi connectivity index (χ3n) is 4.21. The summed E-state index contributed by atoms with van der Waals surface area (Å²) in [6, 6.07) is 3.74. The van der Waals surface area contributed by atoms with E-state index in [1.54, 1.807) is 19.1 Å². The van der Waals surface area contributed by atoms with Crippen molar-refractivity contribution in [1.82, 2.24) is 4.90 Å². The second kappa shape index (κ2) is 8.53. The highest BCUT2D eigenvalue weighted by molar-refractivity contribution is 8.00. The van der Waals surface area contributed by atoms with Crippen LogP contribution in [0.2, 0.25) is 0 Å². The Balaban J connectivity index is 2.36. The number of nitro groups is 1. The van der Waals surface area contributed by atoms with Gasteiger partial charge in [-0.15, -0.1) is 11.8 Å². The molecule has 1 saturated heterocycles. The van der Waals surface area contributed by atoms with Crippen molar-refractivity contribution in [3.63, 3.8) is 0 Å². The zero-order valence-corrected chi connectivity index (χ0v) is 16.2. The van der Waals surface area contributed by atoms with E-state index < -0.39 is 16.9 Å². The number of carbonyl (C=O) groups is 2. The van der Waals surface area contributed by atoms with Crippen LogP contribution in [0.25, 0.3) is 0 Å². The van der Waals surface area contributed by atoms with Crippen molar-refractivity contribution in [2.75, 3.05) is 12.4 Å². The van der Waals surface area contributed by atoms with Gasteiger partial charge in [-0.05, 0) is 25.3 Å². The summed E-state index contributed by atoms with van der Waals surface area (Å²) in [6.07, 6.45) is 0.706. The van der Waals surface area contributed by atoms with Crippen molar-refractivity contribution in [3.8, 4) is 0 Å². The van der Waals surface area contributed by atoms with Crippen LogP contribution in [0.1, 0.15) is 43.1 Å². The Labute approximate surface area is 157 Å². The number of aryl methyl sites for hydroxylation is 1. The predicted molar refractivity (Wildman–Crippen MR) is 100 cm³/mol. The van der Waals surface area contributed by atoms with E-state index in [1.165, 1.54) is 22.7 Å². The van der Waals surface area contributed by atoms with Gasteiger partial charge in [0.25, 0.3) is 11.6 Å². The van der Waals surface area contributed by atoms with Crippen LogP contribution < -0.4 is 0 Å². The summed E-state index contributed by atoms with van der Waals surface area (Å²) < 4.78 is 5.25. The minimum absolute atomic E-state index is 0.103. The van der Waals surface area contributed by atoms with E-state index in [-0.39, 0.29) is 28.4 Å². The molecule has 0 saturated carbocycles. The second-order valence-corrected chi connectivity index (χ2v) is 7.77. The lowest BCUT2D eigenvalue weighted by atomic mass is 10.1. The Kier molecular flexibility index (Phi) is 6.63. The number of amides is 1. The lowest BCUT2D eigenvalue weighted by Gasteiger charge is -2.30. The van der Waals surface area contributed by atoms with Crippen LogP contribution in [0, 0.1) is 23.0 Å². The number of hydrogen-bond acceptors (Lipinski definition) is 6. The van der Waals surface area contributed by atoms with Gasteiger partial charge in [0.2, 0.25) is 0 Å². The van der Waals surface area contributed by atoms with Crippen LogP contribution in [0.15, 0.2) is 18.2 Å². The molecule has 1 heterocycles. The van der Waals surface area contributed by atoms with Gasteiger partial charge in [0.15, 0.2) is 0 Å². The largest absolute Gasteiger partial charge is 0.464 e.